The summed E-state index contributed by atoms with van der Waals surface area (Å²) in [6.07, 6.45) is 3.23. The van der Waals surface area contributed by atoms with Crippen molar-refractivity contribution in [2.45, 2.75) is 51.1 Å². The molecule has 0 radical (unpaired) electrons. The van der Waals surface area contributed by atoms with Crippen LogP contribution in [0.2, 0.25) is 0 Å². The predicted octanol–water partition coefficient (Wildman–Crippen LogP) is 9.31. The second kappa shape index (κ2) is 13.5. The van der Waals surface area contributed by atoms with Gasteiger partial charge in [-0.05, 0) is 97.3 Å². The number of alkyl halides is 3. The molecule has 3 aromatic heterocycles. The minimum Gasteiger partial charge on any atom is -0.438 e. The lowest BCUT2D eigenvalue weighted by Gasteiger charge is -2.13. The summed E-state index contributed by atoms with van der Waals surface area (Å²) in [6, 6.07) is 23.1. The molecule has 0 bridgehead atoms. The lowest BCUT2D eigenvalue weighted by Crippen LogP contribution is -2.17. The number of H-pyrrole nitrogens is 1. The minimum atomic E-state index is -4.74. The molecule has 2 aliphatic heterocycles. The molecular formula is C39H31F3N8O3. The number of aromatic amines is 1. The van der Waals surface area contributed by atoms with Crippen LogP contribution in [-0.2, 0) is 0 Å². The summed E-state index contributed by atoms with van der Waals surface area (Å²) in [5.41, 5.74) is 8.19. The Morgan fingerprint density at radius 1 is 0.736 bits per heavy atom. The Hall–Kier alpha value is -6.54. The number of hydrogen-bond acceptors (Lipinski definition) is 10. The number of ether oxygens (including phenoxy) is 1. The van der Waals surface area contributed by atoms with E-state index in [1.54, 1.807) is 34.1 Å². The zero-order valence-corrected chi connectivity index (χ0v) is 28.4. The Balaban J connectivity index is 0.000000151. The Labute approximate surface area is 300 Å². The highest BCUT2D eigenvalue weighted by atomic mass is 19.4. The van der Waals surface area contributed by atoms with Crippen molar-refractivity contribution in [2.24, 2.45) is 0 Å². The van der Waals surface area contributed by atoms with Gasteiger partial charge in [0.2, 0.25) is 11.8 Å². The number of fused-ring (bicyclic) bond motifs is 3. The Bertz CT molecular complexity index is 2540. The van der Waals surface area contributed by atoms with E-state index in [2.05, 4.69) is 55.5 Å². The molecule has 0 aliphatic carbocycles. The Morgan fingerprint density at radius 3 is 1.81 bits per heavy atom. The number of hydrogen-bond donors (Lipinski definition) is 1. The number of halogens is 3. The molecule has 0 saturated carbocycles. The van der Waals surface area contributed by atoms with Crippen LogP contribution in [0.5, 0.6) is 5.75 Å². The van der Waals surface area contributed by atoms with Crippen molar-refractivity contribution < 1.29 is 26.7 Å². The van der Waals surface area contributed by atoms with Crippen molar-refractivity contribution in [1.29, 1.82) is 10.5 Å². The minimum absolute atomic E-state index is 0.0424. The van der Waals surface area contributed by atoms with Gasteiger partial charge in [0.25, 0.3) is 0 Å². The zero-order chi connectivity index (χ0) is 36.7. The lowest BCUT2D eigenvalue weighted by atomic mass is 10.0. The quantitative estimate of drug-likeness (QED) is 0.171. The highest BCUT2D eigenvalue weighted by molar-refractivity contribution is 5.88. The molecule has 2 aliphatic rings. The maximum atomic E-state index is 12.4. The fraction of sp³-hybridized carbons (Fsp3) is 0.256. The lowest BCUT2D eigenvalue weighted by molar-refractivity contribution is -0.274. The maximum Gasteiger partial charge on any atom is 0.573 e. The molecule has 5 heterocycles. The summed E-state index contributed by atoms with van der Waals surface area (Å²) < 4.78 is 53.0. The van der Waals surface area contributed by atoms with Crippen LogP contribution in [0.25, 0.3) is 55.4 Å². The first-order chi connectivity index (χ1) is 25.7. The highest BCUT2D eigenvalue weighted by Crippen LogP contribution is 2.36. The average molecular weight is 717 g/mol. The van der Waals surface area contributed by atoms with Crippen LogP contribution in [0.15, 0.2) is 87.7 Å². The second-order valence-corrected chi connectivity index (χ2v) is 13.0. The third-order valence-corrected chi connectivity index (χ3v) is 9.62. The van der Waals surface area contributed by atoms with Crippen molar-refractivity contribution in [3.8, 4) is 40.4 Å². The molecule has 0 spiro atoms. The first-order valence-corrected chi connectivity index (χ1v) is 17.1. The standard InChI is InChI=1S/C20H17N5O.C19H14F3N3O2/c1-12-15-6-4-13(9-16(15)24-23-12)14-5-7-19-17(10-14)22-20(26-19)18-3-2-8-25(18)11-21;20-19(21,22)27-14-4-1-3-12(9-14)13-6-7-17-15(10-13)24-18(26-17)16-5-2-8-25(16)11-23/h4-7,9-10,18H,2-3,8H2,1H3,(H,23,24);1,3-4,6-7,9-10,16H,2,5,8H2/t18-;16-/m00/s1. The first kappa shape index (κ1) is 33.6. The van der Waals surface area contributed by atoms with E-state index in [0.717, 1.165) is 71.1 Å². The summed E-state index contributed by atoms with van der Waals surface area (Å²) in [7, 11) is 0. The maximum absolute atomic E-state index is 12.4. The van der Waals surface area contributed by atoms with E-state index >= 15 is 0 Å². The van der Waals surface area contributed by atoms with Crippen molar-refractivity contribution in [3.05, 3.63) is 96.3 Å². The van der Waals surface area contributed by atoms with Crippen LogP contribution < -0.4 is 4.74 Å². The van der Waals surface area contributed by atoms with Crippen LogP contribution in [0.4, 0.5) is 13.2 Å². The van der Waals surface area contributed by atoms with Gasteiger partial charge in [0, 0.05) is 24.2 Å². The molecule has 1 N–H and O–H groups in total. The molecule has 9 rings (SSSR count). The number of rotatable bonds is 5. The van der Waals surface area contributed by atoms with Crippen LogP contribution in [0.3, 0.4) is 0 Å². The molecule has 0 amide bonds. The third-order valence-electron chi connectivity index (χ3n) is 9.62. The van der Waals surface area contributed by atoms with E-state index in [0.29, 0.717) is 40.6 Å². The number of nitrogens with one attached hydrogen (secondary N) is 1. The average Bonchev–Trinajstić information content (AvgIpc) is 4.00. The van der Waals surface area contributed by atoms with Gasteiger partial charge in [-0.1, -0.05) is 36.4 Å². The van der Waals surface area contributed by atoms with Crippen molar-refractivity contribution in [1.82, 2.24) is 30.0 Å². The molecular weight excluding hydrogens is 685 g/mol. The number of likely N-dealkylation sites (tertiary alicyclic amines) is 2. The van der Waals surface area contributed by atoms with E-state index in [-0.39, 0.29) is 17.8 Å². The SMILES string of the molecule is Cc1[nH]nc2cc(-c3ccc4oc([C@@H]5CCCN5C#N)nc4c3)ccc12.N#CN1CCC[C@H]1c1nc2cc(-c3cccc(OC(F)(F)F)c3)ccc2o1. The van der Waals surface area contributed by atoms with Crippen molar-refractivity contribution in [2.75, 3.05) is 13.1 Å². The van der Waals surface area contributed by atoms with Crippen molar-refractivity contribution in [3.63, 3.8) is 0 Å². The summed E-state index contributed by atoms with van der Waals surface area (Å²) in [5.74, 6) is 0.835. The predicted molar refractivity (Wildman–Crippen MR) is 189 cm³/mol. The van der Waals surface area contributed by atoms with Gasteiger partial charge in [0.1, 0.15) is 28.9 Å². The van der Waals surface area contributed by atoms with E-state index in [1.807, 2.05) is 25.1 Å². The van der Waals surface area contributed by atoms with Gasteiger partial charge in [-0.3, -0.25) is 14.9 Å². The Morgan fingerprint density at radius 2 is 1.26 bits per heavy atom. The first-order valence-electron chi connectivity index (χ1n) is 17.1. The summed E-state index contributed by atoms with van der Waals surface area (Å²) in [6.45, 7) is 3.47. The number of oxazole rings is 2. The van der Waals surface area contributed by atoms with Crippen LogP contribution in [-0.4, -0.2) is 49.4 Å². The van der Waals surface area contributed by atoms with E-state index in [1.165, 1.54) is 18.2 Å². The van der Waals surface area contributed by atoms with Gasteiger partial charge in [0.05, 0.1) is 5.52 Å². The summed E-state index contributed by atoms with van der Waals surface area (Å²) >= 11 is 0. The number of nitriles is 2. The molecule has 4 aromatic carbocycles. The topological polar surface area (TPSA) is 144 Å². The van der Waals surface area contributed by atoms with Gasteiger partial charge < -0.3 is 13.6 Å². The van der Waals surface area contributed by atoms with E-state index in [4.69, 9.17) is 8.83 Å². The van der Waals surface area contributed by atoms with Crippen LogP contribution in [0.1, 0.15) is 55.2 Å². The smallest absolute Gasteiger partial charge is 0.438 e. The normalized spacial score (nSPS) is 17.2. The fourth-order valence-corrected chi connectivity index (χ4v) is 7.02. The molecule has 53 heavy (non-hydrogen) atoms. The van der Waals surface area contributed by atoms with E-state index < -0.39 is 6.36 Å². The molecule has 7 aromatic rings. The third kappa shape index (κ3) is 6.79. The van der Waals surface area contributed by atoms with Gasteiger partial charge in [0.15, 0.2) is 23.6 Å². The molecule has 11 nitrogen and oxygen atoms in total. The molecule has 14 heteroatoms. The van der Waals surface area contributed by atoms with Crippen LogP contribution >= 0.6 is 0 Å². The number of nitrogens with zero attached hydrogens (tertiary/aromatic N) is 7. The largest absolute Gasteiger partial charge is 0.573 e. The number of benzene rings is 4. The second-order valence-electron chi connectivity index (χ2n) is 13.0. The fourth-order valence-electron chi connectivity index (χ4n) is 7.02. The van der Waals surface area contributed by atoms with Crippen LogP contribution in [0, 0.1) is 29.8 Å². The molecule has 0 unspecified atom stereocenters. The molecule has 266 valence electrons. The van der Waals surface area contributed by atoms with Gasteiger partial charge in [-0.25, -0.2) is 9.97 Å². The monoisotopic (exact) mass is 716 g/mol. The number of aryl methyl sites for hydroxylation is 1. The number of aromatic nitrogens is 4. The summed E-state index contributed by atoms with van der Waals surface area (Å²) in [5, 5.41) is 26.9. The molecule has 2 atom stereocenters. The van der Waals surface area contributed by atoms with E-state index in [9.17, 15) is 23.7 Å². The Kier molecular flexibility index (Phi) is 8.58. The van der Waals surface area contributed by atoms with Gasteiger partial charge in [-0.2, -0.15) is 15.6 Å². The molecule has 2 saturated heterocycles. The zero-order valence-electron chi connectivity index (χ0n) is 28.4. The molecule has 2 fully saturated rings. The van der Waals surface area contributed by atoms with Gasteiger partial charge in [-0.15, -0.1) is 13.2 Å². The van der Waals surface area contributed by atoms with Gasteiger partial charge >= 0.3 is 6.36 Å². The highest BCUT2D eigenvalue weighted by Gasteiger charge is 2.32. The van der Waals surface area contributed by atoms with Crippen molar-refractivity contribution >= 4 is 33.1 Å². The summed E-state index contributed by atoms with van der Waals surface area (Å²) in [4.78, 5) is 12.5.